The van der Waals surface area contributed by atoms with E-state index in [1.165, 1.54) is 18.2 Å². The second-order valence-corrected chi connectivity index (χ2v) is 8.77. The number of hydrogen-bond acceptors (Lipinski definition) is 7. The average molecular weight is 504 g/mol. The van der Waals surface area contributed by atoms with Crippen LogP contribution in [0.25, 0.3) is 16.9 Å². The van der Waals surface area contributed by atoms with Crippen molar-refractivity contribution in [1.82, 2.24) is 19.3 Å². The van der Waals surface area contributed by atoms with Gasteiger partial charge in [0.1, 0.15) is 17.4 Å². The molecule has 0 aliphatic carbocycles. The van der Waals surface area contributed by atoms with Crippen LogP contribution in [0.1, 0.15) is 0 Å². The molecule has 9 nitrogen and oxygen atoms in total. The van der Waals surface area contributed by atoms with Gasteiger partial charge in [0.15, 0.2) is 5.65 Å². The van der Waals surface area contributed by atoms with Gasteiger partial charge in [0.25, 0.3) is 0 Å². The number of nitrogens with one attached hydrogen (secondary N) is 2. The maximum Gasteiger partial charge on any atom is 0.247 e. The van der Waals surface area contributed by atoms with E-state index in [0.29, 0.717) is 34.2 Å². The Kier molecular flexibility index (Phi) is 7.69. The molecule has 2 aromatic heterocycles. The van der Waals surface area contributed by atoms with E-state index in [2.05, 4.69) is 32.1 Å². The Morgan fingerprint density at radius 3 is 2.65 bits per heavy atom. The number of rotatable bonds is 10. The normalized spacial score (nSPS) is 11.0. The van der Waals surface area contributed by atoms with Crippen LogP contribution in [0.15, 0.2) is 67.6 Å². The lowest BCUT2D eigenvalue weighted by Crippen LogP contribution is -2.29. The minimum Gasteiger partial charge on any atom is -0.494 e. The number of benzene rings is 2. The number of imidazole rings is 1. The van der Waals surface area contributed by atoms with Crippen LogP contribution in [-0.4, -0.2) is 66.5 Å². The maximum atomic E-state index is 13.8. The van der Waals surface area contributed by atoms with Crippen LogP contribution in [0.3, 0.4) is 0 Å². The number of anilines is 4. The Bertz CT molecular complexity index is 1430. The highest BCUT2D eigenvalue weighted by Crippen LogP contribution is 2.38. The summed E-state index contributed by atoms with van der Waals surface area (Å²) in [4.78, 5) is 25.2. The number of nitrogens with zero attached hydrogens (tertiary/aromatic N) is 5. The fraction of sp³-hybridized carbons (Fsp3) is 0.222. The van der Waals surface area contributed by atoms with E-state index < -0.39 is 0 Å². The highest BCUT2D eigenvalue weighted by Gasteiger charge is 2.17. The van der Waals surface area contributed by atoms with E-state index in [1.54, 1.807) is 37.8 Å². The van der Waals surface area contributed by atoms with Gasteiger partial charge >= 0.3 is 0 Å². The van der Waals surface area contributed by atoms with E-state index >= 15 is 0 Å². The van der Waals surface area contributed by atoms with Crippen molar-refractivity contribution in [3.05, 3.63) is 73.5 Å². The lowest BCUT2D eigenvalue weighted by molar-refractivity contribution is -0.111. The number of fused-ring (bicyclic) bond motifs is 1. The van der Waals surface area contributed by atoms with Gasteiger partial charge in [-0.15, -0.1) is 0 Å². The van der Waals surface area contributed by atoms with Gasteiger partial charge in [-0.05, 0) is 38.4 Å². The molecule has 0 saturated carbocycles. The third-order valence-corrected chi connectivity index (χ3v) is 5.83. The van der Waals surface area contributed by atoms with Gasteiger partial charge in [-0.3, -0.25) is 9.20 Å². The lowest BCUT2D eigenvalue weighted by atomic mass is 10.1. The molecule has 0 atom stereocenters. The molecule has 2 heterocycles. The van der Waals surface area contributed by atoms with E-state index in [9.17, 15) is 9.18 Å². The number of amides is 1. The summed E-state index contributed by atoms with van der Waals surface area (Å²) < 4.78 is 21.3. The third-order valence-electron chi connectivity index (χ3n) is 5.83. The van der Waals surface area contributed by atoms with Gasteiger partial charge in [0, 0.05) is 31.8 Å². The average Bonchev–Trinajstić information content (AvgIpc) is 3.30. The maximum absolute atomic E-state index is 13.8. The predicted molar refractivity (Wildman–Crippen MR) is 145 cm³/mol. The lowest BCUT2D eigenvalue weighted by Gasteiger charge is -2.26. The van der Waals surface area contributed by atoms with Crippen molar-refractivity contribution in [2.45, 2.75) is 0 Å². The Labute approximate surface area is 215 Å². The molecule has 0 bridgehead atoms. The molecule has 0 fully saturated rings. The summed E-state index contributed by atoms with van der Waals surface area (Å²) in [5.41, 5.74) is 4.04. The molecule has 0 spiro atoms. The first-order chi connectivity index (χ1) is 17.8. The number of carbonyl (C=O) groups is 1. The Morgan fingerprint density at radius 1 is 1.14 bits per heavy atom. The van der Waals surface area contributed by atoms with Crippen LogP contribution in [0.5, 0.6) is 5.75 Å². The molecule has 0 saturated heterocycles. The van der Waals surface area contributed by atoms with Gasteiger partial charge in [-0.2, -0.15) is 0 Å². The molecule has 10 heteroatoms. The number of halogens is 1. The molecule has 4 rings (SSSR count). The number of hydrogen-bond donors (Lipinski definition) is 2. The highest BCUT2D eigenvalue weighted by atomic mass is 19.1. The van der Waals surface area contributed by atoms with Gasteiger partial charge in [-0.1, -0.05) is 18.7 Å². The molecule has 4 aromatic rings. The van der Waals surface area contributed by atoms with E-state index in [-0.39, 0.29) is 11.7 Å². The Hall–Kier alpha value is -4.44. The summed E-state index contributed by atoms with van der Waals surface area (Å²) in [5, 5.41) is 6.17. The summed E-state index contributed by atoms with van der Waals surface area (Å²) in [6.07, 6.45) is 6.31. The molecule has 37 heavy (non-hydrogen) atoms. The molecule has 0 aliphatic rings. The smallest absolute Gasteiger partial charge is 0.247 e. The topological polar surface area (TPSA) is 87.0 Å². The van der Waals surface area contributed by atoms with E-state index in [1.807, 2.05) is 42.6 Å². The Morgan fingerprint density at radius 2 is 1.95 bits per heavy atom. The molecule has 0 radical (unpaired) electrons. The van der Waals surface area contributed by atoms with Crippen molar-refractivity contribution >= 4 is 34.4 Å². The van der Waals surface area contributed by atoms with Crippen molar-refractivity contribution < 1.29 is 13.9 Å². The van der Waals surface area contributed by atoms with Gasteiger partial charge < -0.3 is 25.2 Å². The summed E-state index contributed by atoms with van der Waals surface area (Å²) in [5.74, 6) is 0.433. The van der Waals surface area contributed by atoms with E-state index in [0.717, 1.165) is 24.5 Å². The van der Waals surface area contributed by atoms with E-state index in [4.69, 9.17) is 4.74 Å². The first-order valence-electron chi connectivity index (χ1n) is 11.7. The molecule has 0 unspecified atom stereocenters. The number of methoxy groups -OCH3 is 1. The molecule has 192 valence electrons. The number of ether oxygens (including phenoxy) is 1. The van der Waals surface area contributed by atoms with Crippen molar-refractivity contribution in [1.29, 1.82) is 0 Å². The quantitative estimate of drug-likeness (QED) is 0.310. The molecule has 2 N–H and O–H groups in total. The zero-order chi connectivity index (χ0) is 26.5. The molecule has 2 aromatic carbocycles. The third kappa shape index (κ3) is 5.87. The standard InChI is InChI=1S/C27H30FN7O2/c1-6-27(36)32-20-13-21(24(37-5)14-22(20)34(4)11-10-33(2)3)31-25-17-35-23(15-30-26(35)16-29-25)18-8-7-9-19(28)12-18/h6-9,12-17,31H,1,10-11H2,2-5H3,(H,32,36). The van der Waals surface area contributed by atoms with Crippen LogP contribution >= 0.6 is 0 Å². The van der Waals surface area contributed by atoms with Crippen LogP contribution in [0.4, 0.5) is 27.3 Å². The number of aromatic nitrogens is 3. The molecular formula is C27H30FN7O2. The van der Waals surface area contributed by atoms with Crippen molar-refractivity contribution in [3.8, 4) is 17.0 Å². The fourth-order valence-electron chi connectivity index (χ4n) is 3.86. The zero-order valence-corrected chi connectivity index (χ0v) is 21.3. The molecular weight excluding hydrogens is 473 g/mol. The number of carbonyl (C=O) groups excluding carboxylic acids is 1. The highest BCUT2D eigenvalue weighted by molar-refractivity contribution is 6.02. The molecule has 0 aliphatic heterocycles. The van der Waals surface area contributed by atoms with Gasteiger partial charge in [0.2, 0.25) is 5.91 Å². The minimum atomic E-state index is -0.325. The van der Waals surface area contributed by atoms with Crippen LogP contribution in [-0.2, 0) is 4.79 Å². The summed E-state index contributed by atoms with van der Waals surface area (Å²) >= 11 is 0. The monoisotopic (exact) mass is 503 g/mol. The first kappa shape index (κ1) is 25.6. The fourth-order valence-corrected chi connectivity index (χ4v) is 3.86. The summed E-state index contributed by atoms with van der Waals surface area (Å²) in [6.45, 7) is 5.13. The second kappa shape index (κ2) is 11.1. The van der Waals surface area contributed by atoms with Crippen molar-refractivity contribution in [3.63, 3.8) is 0 Å². The molecule has 1 amide bonds. The zero-order valence-electron chi connectivity index (χ0n) is 21.3. The van der Waals surface area contributed by atoms with Crippen LogP contribution in [0, 0.1) is 5.82 Å². The van der Waals surface area contributed by atoms with Crippen molar-refractivity contribution in [2.75, 3.05) is 56.9 Å². The van der Waals surface area contributed by atoms with Gasteiger partial charge in [-0.25, -0.2) is 14.4 Å². The minimum absolute atomic E-state index is 0.323. The van der Waals surface area contributed by atoms with Crippen LogP contribution < -0.4 is 20.3 Å². The summed E-state index contributed by atoms with van der Waals surface area (Å²) in [7, 11) is 7.55. The van der Waals surface area contributed by atoms with Crippen LogP contribution in [0.2, 0.25) is 0 Å². The van der Waals surface area contributed by atoms with Gasteiger partial charge in [0.05, 0.1) is 48.5 Å². The Balaban J connectivity index is 1.72. The second-order valence-electron chi connectivity index (χ2n) is 8.77. The van der Waals surface area contributed by atoms with Crippen molar-refractivity contribution in [2.24, 2.45) is 0 Å². The summed E-state index contributed by atoms with van der Waals surface area (Å²) in [6, 6.07) is 10.0. The number of likely N-dealkylation sites (N-methyl/N-ethyl adjacent to an activating group) is 2. The largest absolute Gasteiger partial charge is 0.494 e. The SMILES string of the molecule is C=CC(=O)Nc1cc(Nc2cn3c(-c4cccc(F)c4)cnc3cn2)c(OC)cc1N(C)CCN(C)C. The predicted octanol–water partition coefficient (Wildman–Crippen LogP) is 4.41. The first-order valence-corrected chi connectivity index (χ1v) is 11.7.